The van der Waals surface area contributed by atoms with E-state index in [0.717, 1.165) is 0 Å². The summed E-state index contributed by atoms with van der Waals surface area (Å²) in [7, 11) is -3.24. The van der Waals surface area contributed by atoms with Gasteiger partial charge in [0.1, 0.15) is 5.82 Å². The van der Waals surface area contributed by atoms with Gasteiger partial charge in [0.15, 0.2) is 0 Å². The molecule has 1 aromatic rings. The van der Waals surface area contributed by atoms with Gasteiger partial charge in [0.2, 0.25) is 10.0 Å². The van der Waals surface area contributed by atoms with Crippen molar-refractivity contribution in [1.29, 1.82) is 0 Å². The van der Waals surface area contributed by atoms with Crippen LogP contribution < -0.4 is 10.0 Å². The van der Waals surface area contributed by atoms with Gasteiger partial charge in [0, 0.05) is 31.1 Å². The van der Waals surface area contributed by atoms with Gasteiger partial charge in [-0.25, -0.2) is 22.3 Å². The molecule has 0 aliphatic carbocycles. The molecule has 0 aromatic heterocycles. The molecule has 2 N–H and O–H groups in total. The van der Waals surface area contributed by atoms with E-state index in [2.05, 4.69) is 10.0 Å². The molecular formula is C19H30FN3O3S. The van der Waals surface area contributed by atoms with E-state index < -0.39 is 15.4 Å². The molecule has 0 saturated carbocycles. The van der Waals surface area contributed by atoms with E-state index in [0.29, 0.717) is 44.5 Å². The summed E-state index contributed by atoms with van der Waals surface area (Å²) in [4.78, 5) is 14.1. The van der Waals surface area contributed by atoms with Crippen LogP contribution in [0.3, 0.4) is 0 Å². The maximum Gasteiger partial charge on any atom is 0.317 e. The maximum absolute atomic E-state index is 14.0. The molecule has 1 aromatic carbocycles. The minimum absolute atomic E-state index is 0.124. The molecule has 0 atom stereocenters. The zero-order valence-electron chi connectivity index (χ0n) is 16.3. The number of sulfonamides is 1. The highest BCUT2D eigenvalue weighted by molar-refractivity contribution is 7.89. The normalized spacial score (nSPS) is 16.4. The smallest absolute Gasteiger partial charge is 0.317 e. The van der Waals surface area contributed by atoms with Gasteiger partial charge < -0.3 is 10.2 Å². The third-order valence-electron chi connectivity index (χ3n) is 4.89. The average molecular weight is 400 g/mol. The lowest BCUT2D eigenvalue weighted by Crippen LogP contribution is -2.51. The van der Waals surface area contributed by atoms with Gasteiger partial charge in [-0.1, -0.05) is 39.0 Å². The topological polar surface area (TPSA) is 78.5 Å². The summed E-state index contributed by atoms with van der Waals surface area (Å²) in [6.07, 6.45) is 1.76. The molecule has 152 valence electrons. The Bertz CT molecular complexity index is 744. The third kappa shape index (κ3) is 6.17. The molecule has 0 radical (unpaired) electrons. The molecule has 27 heavy (non-hydrogen) atoms. The summed E-state index contributed by atoms with van der Waals surface area (Å²) in [5.74, 6) is -0.157. The number of likely N-dealkylation sites (tertiary alicyclic amines) is 1. The number of benzene rings is 1. The van der Waals surface area contributed by atoms with E-state index in [4.69, 9.17) is 0 Å². The minimum Gasteiger partial charge on any atom is -0.337 e. The fourth-order valence-corrected chi connectivity index (χ4v) is 4.69. The van der Waals surface area contributed by atoms with Crippen molar-refractivity contribution in [3.8, 4) is 0 Å². The molecule has 2 amide bonds. The molecule has 1 aliphatic heterocycles. The number of nitrogens with one attached hydrogen (secondary N) is 2. The zero-order valence-corrected chi connectivity index (χ0v) is 17.1. The van der Waals surface area contributed by atoms with Crippen molar-refractivity contribution in [2.45, 2.75) is 51.5 Å². The minimum atomic E-state index is -3.24. The van der Waals surface area contributed by atoms with E-state index >= 15 is 0 Å². The molecule has 0 bridgehead atoms. The number of urea groups is 1. The van der Waals surface area contributed by atoms with Crippen LogP contribution in [-0.4, -0.2) is 50.8 Å². The Hall–Kier alpha value is -1.67. The van der Waals surface area contributed by atoms with Gasteiger partial charge >= 0.3 is 6.03 Å². The lowest BCUT2D eigenvalue weighted by atomic mass is 9.84. The van der Waals surface area contributed by atoms with Crippen LogP contribution in [0.2, 0.25) is 0 Å². The summed E-state index contributed by atoms with van der Waals surface area (Å²) in [5.41, 5.74) is 0.0316. The predicted octanol–water partition coefficient (Wildman–Crippen LogP) is 2.61. The van der Waals surface area contributed by atoms with Crippen molar-refractivity contribution in [3.05, 3.63) is 35.6 Å². The number of nitrogens with zero attached hydrogens (tertiary/aromatic N) is 1. The van der Waals surface area contributed by atoms with Crippen LogP contribution in [-0.2, 0) is 15.4 Å². The number of hydrogen-bond donors (Lipinski definition) is 2. The first-order valence-corrected chi connectivity index (χ1v) is 11.1. The number of carbonyl (C=O) groups is 1. The van der Waals surface area contributed by atoms with Crippen molar-refractivity contribution < 1.29 is 17.6 Å². The van der Waals surface area contributed by atoms with Crippen LogP contribution in [0.1, 0.15) is 45.6 Å². The number of rotatable bonds is 7. The van der Waals surface area contributed by atoms with Gasteiger partial charge in [-0.3, -0.25) is 0 Å². The van der Waals surface area contributed by atoms with E-state index in [1.807, 2.05) is 20.8 Å². The van der Waals surface area contributed by atoms with Crippen molar-refractivity contribution in [2.24, 2.45) is 0 Å². The number of carbonyl (C=O) groups excluding carboxylic acids is 1. The first kappa shape index (κ1) is 21.6. The summed E-state index contributed by atoms with van der Waals surface area (Å²) < 4.78 is 40.4. The highest BCUT2D eigenvalue weighted by atomic mass is 32.2. The van der Waals surface area contributed by atoms with Crippen molar-refractivity contribution in [1.82, 2.24) is 14.9 Å². The van der Waals surface area contributed by atoms with Crippen molar-refractivity contribution in [2.75, 3.05) is 25.4 Å². The zero-order chi connectivity index (χ0) is 20.1. The Labute approximate surface area is 161 Å². The predicted molar refractivity (Wildman–Crippen MR) is 105 cm³/mol. The SMILES string of the molecule is CCCS(=O)(=O)NC1CCN(C(=O)NCC(C)(C)c2ccccc2F)CC1. The van der Waals surface area contributed by atoms with E-state index in [1.54, 1.807) is 23.1 Å². The lowest BCUT2D eigenvalue weighted by Gasteiger charge is -2.33. The van der Waals surface area contributed by atoms with Crippen molar-refractivity contribution in [3.63, 3.8) is 0 Å². The van der Waals surface area contributed by atoms with Gasteiger partial charge in [-0.2, -0.15) is 0 Å². The standard InChI is InChI=1S/C19H30FN3O3S/c1-4-13-27(25,26)22-15-9-11-23(12-10-15)18(24)21-14-19(2,3)16-7-5-6-8-17(16)20/h5-8,15,22H,4,9-14H2,1-3H3,(H,21,24). The number of amides is 2. The maximum atomic E-state index is 14.0. The second-order valence-corrected chi connectivity index (χ2v) is 9.59. The van der Waals surface area contributed by atoms with Crippen molar-refractivity contribution >= 4 is 16.1 Å². The Morgan fingerprint density at radius 1 is 1.26 bits per heavy atom. The van der Waals surface area contributed by atoms with E-state index in [1.165, 1.54) is 6.07 Å². The van der Waals surface area contributed by atoms with Crippen LogP contribution in [0.4, 0.5) is 9.18 Å². The molecule has 2 rings (SSSR count). The van der Waals surface area contributed by atoms with Crippen LogP contribution >= 0.6 is 0 Å². The van der Waals surface area contributed by atoms with Crippen LogP contribution in [0.25, 0.3) is 0 Å². The second kappa shape index (κ2) is 9.01. The van der Waals surface area contributed by atoms with Crippen LogP contribution in [0, 0.1) is 5.82 Å². The molecule has 0 unspecified atom stereocenters. The molecule has 1 fully saturated rings. The summed E-state index contributed by atoms with van der Waals surface area (Å²) in [6.45, 7) is 6.90. The highest BCUT2D eigenvalue weighted by Crippen LogP contribution is 2.25. The Kier molecular flexibility index (Phi) is 7.22. The molecule has 1 aliphatic rings. The fraction of sp³-hybridized carbons (Fsp3) is 0.632. The lowest BCUT2D eigenvalue weighted by molar-refractivity contribution is 0.178. The average Bonchev–Trinajstić information content (AvgIpc) is 2.60. The fourth-order valence-electron chi connectivity index (χ4n) is 3.30. The van der Waals surface area contributed by atoms with E-state index in [9.17, 15) is 17.6 Å². The highest BCUT2D eigenvalue weighted by Gasteiger charge is 2.28. The van der Waals surface area contributed by atoms with Crippen LogP contribution in [0.15, 0.2) is 24.3 Å². The van der Waals surface area contributed by atoms with E-state index in [-0.39, 0.29) is 23.6 Å². The summed E-state index contributed by atoms with van der Waals surface area (Å²) in [6, 6.07) is 6.26. The molecule has 6 nitrogen and oxygen atoms in total. The summed E-state index contributed by atoms with van der Waals surface area (Å²) >= 11 is 0. The number of piperidine rings is 1. The first-order chi connectivity index (χ1) is 12.6. The third-order valence-corrected chi connectivity index (χ3v) is 6.52. The quantitative estimate of drug-likeness (QED) is 0.740. The molecule has 1 heterocycles. The number of hydrogen-bond acceptors (Lipinski definition) is 3. The molecule has 1 saturated heterocycles. The van der Waals surface area contributed by atoms with Gasteiger partial charge in [0.25, 0.3) is 0 Å². The van der Waals surface area contributed by atoms with Gasteiger partial charge in [-0.15, -0.1) is 0 Å². The van der Waals surface area contributed by atoms with Crippen LogP contribution in [0.5, 0.6) is 0 Å². The van der Waals surface area contributed by atoms with Gasteiger partial charge in [-0.05, 0) is 30.9 Å². The monoisotopic (exact) mass is 399 g/mol. The second-order valence-electron chi connectivity index (χ2n) is 7.72. The molecular weight excluding hydrogens is 369 g/mol. The largest absolute Gasteiger partial charge is 0.337 e. The Morgan fingerprint density at radius 2 is 1.89 bits per heavy atom. The molecule has 0 spiro atoms. The summed E-state index contributed by atoms with van der Waals surface area (Å²) in [5, 5.41) is 2.88. The molecule has 8 heteroatoms. The first-order valence-electron chi connectivity index (χ1n) is 9.42. The number of halogens is 1. The Morgan fingerprint density at radius 3 is 2.48 bits per heavy atom. The Balaban J connectivity index is 1.83. The van der Waals surface area contributed by atoms with Gasteiger partial charge in [0.05, 0.1) is 5.75 Å².